The average molecular weight is 400 g/mol. The average Bonchev–Trinajstić information content (AvgIpc) is 3.12. The Balaban J connectivity index is 1.73. The van der Waals surface area contributed by atoms with Gasteiger partial charge < -0.3 is 19.5 Å². The largest absolute Gasteiger partial charge is 0.444 e. The molecule has 1 aliphatic rings. The van der Waals surface area contributed by atoms with Crippen LogP contribution in [0.5, 0.6) is 0 Å². The minimum Gasteiger partial charge on any atom is -0.444 e. The quantitative estimate of drug-likeness (QED) is 0.616. The lowest BCUT2D eigenvalue weighted by Gasteiger charge is -2.35. The molecule has 152 valence electrons. The summed E-state index contributed by atoms with van der Waals surface area (Å²) in [6.07, 6.45) is 0.768. The molecule has 0 unspecified atom stereocenters. The van der Waals surface area contributed by atoms with Crippen molar-refractivity contribution in [3.63, 3.8) is 0 Å². The van der Waals surface area contributed by atoms with Gasteiger partial charge in [-0.15, -0.1) is 0 Å². The number of benzene rings is 1. The molecule has 2 heterocycles. The zero-order valence-corrected chi connectivity index (χ0v) is 16.4. The fraction of sp³-hybridized carbons (Fsp3) is 0.400. The van der Waals surface area contributed by atoms with E-state index in [4.69, 9.17) is 10.00 Å². The molecule has 1 aromatic carbocycles. The molecular weight excluding hydrogens is 379 g/mol. The lowest BCUT2D eigenvalue weighted by Crippen LogP contribution is -2.53. The number of fused-ring (bicyclic) bond motifs is 1. The van der Waals surface area contributed by atoms with Crippen molar-refractivity contribution >= 4 is 28.7 Å². The lowest BCUT2D eigenvalue weighted by atomic mass is 10.1. The van der Waals surface area contributed by atoms with E-state index in [0.29, 0.717) is 0 Å². The van der Waals surface area contributed by atoms with Gasteiger partial charge in [0.05, 0.1) is 16.6 Å². The highest BCUT2D eigenvalue weighted by Gasteiger charge is 2.32. The summed E-state index contributed by atoms with van der Waals surface area (Å²) in [5.74, 6) is -2.33. The SMILES string of the molecule is CC(C)(C)OC(=O)N1CCN(C(=O)C(=O)c2c[nH]c3c(C#N)ccc(F)c23)CC1. The summed E-state index contributed by atoms with van der Waals surface area (Å²) in [6, 6.07) is 4.32. The molecule has 2 amide bonds. The lowest BCUT2D eigenvalue weighted by molar-refractivity contribution is -0.128. The Labute approximate surface area is 166 Å². The first-order valence-corrected chi connectivity index (χ1v) is 9.13. The second kappa shape index (κ2) is 7.54. The van der Waals surface area contributed by atoms with Gasteiger partial charge in [0.15, 0.2) is 0 Å². The molecule has 1 saturated heterocycles. The molecular formula is C20H21FN4O4. The summed E-state index contributed by atoms with van der Waals surface area (Å²) in [4.78, 5) is 43.0. The number of halogens is 1. The molecule has 0 bridgehead atoms. The van der Waals surface area contributed by atoms with Crippen LogP contribution in [0.2, 0.25) is 0 Å². The number of rotatable bonds is 2. The van der Waals surface area contributed by atoms with Crippen molar-refractivity contribution in [3.05, 3.63) is 35.3 Å². The maximum Gasteiger partial charge on any atom is 0.410 e. The Kier molecular flexibility index (Phi) is 5.29. The van der Waals surface area contributed by atoms with Gasteiger partial charge in [-0.05, 0) is 32.9 Å². The first-order valence-electron chi connectivity index (χ1n) is 9.13. The highest BCUT2D eigenvalue weighted by molar-refractivity contribution is 6.45. The van der Waals surface area contributed by atoms with Crippen molar-refractivity contribution in [2.75, 3.05) is 26.2 Å². The van der Waals surface area contributed by atoms with Crippen LogP contribution in [-0.2, 0) is 9.53 Å². The van der Waals surface area contributed by atoms with Crippen molar-refractivity contribution in [1.82, 2.24) is 14.8 Å². The van der Waals surface area contributed by atoms with Crippen LogP contribution in [0, 0.1) is 17.1 Å². The predicted molar refractivity (Wildman–Crippen MR) is 102 cm³/mol. The summed E-state index contributed by atoms with van der Waals surface area (Å²) < 4.78 is 19.6. The third-order valence-corrected chi connectivity index (χ3v) is 4.56. The number of H-pyrrole nitrogens is 1. The summed E-state index contributed by atoms with van der Waals surface area (Å²) in [5, 5.41) is 9.06. The zero-order valence-electron chi connectivity index (χ0n) is 16.4. The second-order valence-electron chi connectivity index (χ2n) is 7.75. The molecule has 1 N–H and O–H groups in total. The van der Waals surface area contributed by atoms with Gasteiger partial charge in [0.25, 0.3) is 11.7 Å². The first kappa shape index (κ1) is 20.3. The van der Waals surface area contributed by atoms with Crippen LogP contribution >= 0.6 is 0 Å². The van der Waals surface area contributed by atoms with Crippen LogP contribution in [0.3, 0.4) is 0 Å². The number of nitrogens with one attached hydrogen (secondary N) is 1. The number of Topliss-reactive ketones (excluding diaryl/α,β-unsaturated/α-hetero) is 1. The molecule has 9 heteroatoms. The molecule has 0 atom stereocenters. The smallest absolute Gasteiger partial charge is 0.410 e. The van der Waals surface area contributed by atoms with Crippen molar-refractivity contribution in [1.29, 1.82) is 5.26 Å². The van der Waals surface area contributed by atoms with Gasteiger partial charge in [-0.25, -0.2) is 9.18 Å². The number of carbonyl (C=O) groups excluding carboxylic acids is 3. The molecule has 2 aromatic rings. The summed E-state index contributed by atoms with van der Waals surface area (Å²) in [6.45, 7) is 6.09. The number of piperazine rings is 1. The third kappa shape index (κ3) is 4.06. The summed E-state index contributed by atoms with van der Waals surface area (Å²) in [7, 11) is 0. The van der Waals surface area contributed by atoms with Gasteiger partial charge in [0, 0.05) is 37.8 Å². The highest BCUT2D eigenvalue weighted by atomic mass is 19.1. The van der Waals surface area contributed by atoms with Crippen LogP contribution in [0.15, 0.2) is 18.3 Å². The van der Waals surface area contributed by atoms with Gasteiger partial charge >= 0.3 is 6.09 Å². The fourth-order valence-corrected chi connectivity index (χ4v) is 3.16. The van der Waals surface area contributed by atoms with E-state index in [-0.39, 0.29) is 48.2 Å². The first-order chi connectivity index (χ1) is 13.6. The fourth-order valence-electron chi connectivity index (χ4n) is 3.16. The van der Waals surface area contributed by atoms with Crippen LogP contribution < -0.4 is 0 Å². The number of ketones is 1. The number of nitriles is 1. The Morgan fingerprint density at radius 3 is 2.34 bits per heavy atom. The number of aromatic amines is 1. The normalized spacial score (nSPS) is 14.6. The topological polar surface area (TPSA) is 106 Å². The molecule has 0 spiro atoms. The molecule has 29 heavy (non-hydrogen) atoms. The number of hydrogen-bond donors (Lipinski definition) is 1. The van der Waals surface area contributed by atoms with E-state index in [1.807, 2.05) is 6.07 Å². The van der Waals surface area contributed by atoms with E-state index in [9.17, 15) is 18.8 Å². The summed E-state index contributed by atoms with van der Waals surface area (Å²) >= 11 is 0. The molecule has 8 nitrogen and oxygen atoms in total. The molecule has 0 radical (unpaired) electrons. The minimum atomic E-state index is -0.865. The van der Waals surface area contributed by atoms with E-state index in [0.717, 1.165) is 6.07 Å². The molecule has 3 rings (SSSR count). The Bertz CT molecular complexity index is 1020. The monoisotopic (exact) mass is 400 g/mol. The highest BCUT2D eigenvalue weighted by Crippen LogP contribution is 2.25. The predicted octanol–water partition coefficient (Wildman–Crippen LogP) is 2.44. The van der Waals surface area contributed by atoms with Gasteiger partial charge in [-0.1, -0.05) is 0 Å². The van der Waals surface area contributed by atoms with Crippen molar-refractivity contribution in [3.8, 4) is 6.07 Å². The second-order valence-corrected chi connectivity index (χ2v) is 7.75. The van der Waals surface area contributed by atoms with Crippen molar-refractivity contribution in [2.24, 2.45) is 0 Å². The zero-order chi connectivity index (χ0) is 21.3. The van der Waals surface area contributed by atoms with Crippen molar-refractivity contribution < 1.29 is 23.5 Å². The van der Waals surface area contributed by atoms with Crippen molar-refractivity contribution in [2.45, 2.75) is 26.4 Å². The molecule has 0 saturated carbocycles. The van der Waals surface area contributed by atoms with E-state index in [1.165, 1.54) is 22.1 Å². The van der Waals surface area contributed by atoms with E-state index in [1.54, 1.807) is 20.8 Å². The van der Waals surface area contributed by atoms with Gasteiger partial charge in [0.1, 0.15) is 17.5 Å². The van der Waals surface area contributed by atoms with E-state index in [2.05, 4.69) is 4.98 Å². The Morgan fingerprint density at radius 2 is 1.76 bits per heavy atom. The molecule has 1 aliphatic heterocycles. The standard InChI is InChI=1S/C20H21FN4O4/c1-20(2,3)29-19(28)25-8-6-24(7-9-25)18(27)17(26)13-11-23-16-12(10-22)4-5-14(21)15(13)16/h4-5,11,23H,6-9H2,1-3H3. The number of hydrogen-bond acceptors (Lipinski definition) is 5. The van der Waals surface area contributed by atoms with Gasteiger partial charge in [0.2, 0.25) is 0 Å². The van der Waals surface area contributed by atoms with Crippen LogP contribution in [0.1, 0.15) is 36.7 Å². The van der Waals surface area contributed by atoms with Gasteiger partial charge in [-0.2, -0.15) is 5.26 Å². The van der Waals surface area contributed by atoms with Gasteiger partial charge in [-0.3, -0.25) is 9.59 Å². The maximum atomic E-state index is 14.3. The third-order valence-electron chi connectivity index (χ3n) is 4.56. The number of amides is 2. The number of carbonyl (C=O) groups is 3. The Hall–Kier alpha value is -3.41. The van der Waals surface area contributed by atoms with Crippen LogP contribution in [0.4, 0.5) is 9.18 Å². The number of aromatic nitrogens is 1. The number of ether oxygens (including phenoxy) is 1. The number of nitrogens with zero attached hydrogens (tertiary/aromatic N) is 3. The molecule has 1 fully saturated rings. The van der Waals surface area contributed by atoms with E-state index >= 15 is 0 Å². The molecule has 0 aliphatic carbocycles. The Morgan fingerprint density at radius 1 is 1.14 bits per heavy atom. The van der Waals surface area contributed by atoms with E-state index < -0.39 is 29.2 Å². The summed E-state index contributed by atoms with van der Waals surface area (Å²) in [5.41, 5.74) is -0.381. The minimum absolute atomic E-state index is 0.0743. The molecule has 1 aromatic heterocycles. The maximum absolute atomic E-state index is 14.3. The van der Waals surface area contributed by atoms with Crippen LogP contribution in [-0.4, -0.2) is 64.3 Å². The van der Waals surface area contributed by atoms with Crippen LogP contribution in [0.25, 0.3) is 10.9 Å².